The smallest absolute Gasteiger partial charge is 0.227 e. The lowest BCUT2D eigenvalue weighted by Crippen LogP contribution is -2.05. The lowest BCUT2D eigenvalue weighted by atomic mass is 9.86. The Morgan fingerprint density at radius 2 is 1.69 bits per heavy atom. The van der Waals surface area contributed by atoms with E-state index in [9.17, 15) is 0 Å². The summed E-state index contributed by atoms with van der Waals surface area (Å²) in [6.07, 6.45) is 6.31. The van der Waals surface area contributed by atoms with Gasteiger partial charge in [-0.2, -0.15) is 0 Å². The van der Waals surface area contributed by atoms with Crippen molar-refractivity contribution in [3.63, 3.8) is 0 Å². The first-order valence-electron chi connectivity index (χ1n) is 13.1. The van der Waals surface area contributed by atoms with Crippen molar-refractivity contribution in [2.45, 2.75) is 71.6 Å². The first kappa shape index (κ1) is 21.1. The molecular weight excluding hydrogens is 428 g/mol. The molecule has 2 aromatic carbocycles. The van der Waals surface area contributed by atoms with Crippen LogP contribution >= 0.6 is 0 Å². The number of rotatable bonds is 3. The van der Waals surface area contributed by atoms with Gasteiger partial charge in [-0.05, 0) is 104 Å². The van der Waals surface area contributed by atoms with Gasteiger partial charge in [-0.1, -0.05) is 32.0 Å². The van der Waals surface area contributed by atoms with Crippen LogP contribution in [0.15, 0.2) is 52.9 Å². The second-order valence-corrected chi connectivity index (χ2v) is 11.8. The van der Waals surface area contributed by atoms with Crippen molar-refractivity contribution in [1.29, 1.82) is 0 Å². The number of pyridine rings is 2. The molecule has 35 heavy (non-hydrogen) atoms. The van der Waals surface area contributed by atoms with Crippen LogP contribution in [-0.4, -0.2) is 9.97 Å². The fourth-order valence-electron chi connectivity index (χ4n) is 6.34. The molecule has 0 N–H and O–H groups in total. The van der Waals surface area contributed by atoms with E-state index in [4.69, 9.17) is 9.40 Å². The second-order valence-electron chi connectivity index (χ2n) is 11.8. The SMILES string of the molecule is Cc1cc(-c2nc(C3CC3)cc3c(C4CCC(C)(C)C4)cccc23)c2oc3nc(C)ccc3c2c1. The quantitative estimate of drug-likeness (QED) is 0.270. The Balaban J connectivity index is 1.52. The molecule has 2 aliphatic carbocycles. The molecule has 0 bridgehead atoms. The lowest BCUT2D eigenvalue weighted by molar-refractivity contribution is 0.376. The molecule has 7 rings (SSSR count). The summed E-state index contributed by atoms with van der Waals surface area (Å²) >= 11 is 0. The van der Waals surface area contributed by atoms with E-state index in [2.05, 4.69) is 74.3 Å². The van der Waals surface area contributed by atoms with Crippen LogP contribution in [-0.2, 0) is 0 Å². The largest absolute Gasteiger partial charge is 0.437 e. The summed E-state index contributed by atoms with van der Waals surface area (Å²) in [6.45, 7) is 9.02. The first-order chi connectivity index (χ1) is 16.9. The number of fused-ring (bicyclic) bond motifs is 4. The molecule has 3 heterocycles. The third kappa shape index (κ3) is 3.47. The predicted octanol–water partition coefficient (Wildman–Crippen LogP) is 8.98. The summed E-state index contributed by atoms with van der Waals surface area (Å²) in [5.41, 5.74) is 9.13. The van der Waals surface area contributed by atoms with Crippen molar-refractivity contribution in [1.82, 2.24) is 9.97 Å². The number of aromatic nitrogens is 2. The topological polar surface area (TPSA) is 38.9 Å². The molecular formula is C32H32N2O. The Kier molecular flexibility index (Phi) is 4.46. The van der Waals surface area contributed by atoms with Gasteiger partial charge in [-0.3, -0.25) is 4.98 Å². The fraction of sp³-hybridized carbons (Fsp3) is 0.375. The second kappa shape index (κ2) is 7.40. The number of hydrogen-bond donors (Lipinski definition) is 0. The minimum atomic E-state index is 0.421. The highest BCUT2D eigenvalue weighted by molar-refractivity contribution is 6.11. The molecule has 3 aromatic heterocycles. The van der Waals surface area contributed by atoms with Crippen LogP contribution in [0, 0.1) is 19.3 Å². The van der Waals surface area contributed by atoms with Crippen molar-refractivity contribution >= 4 is 32.8 Å². The van der Waals surface area contributed by atoms with E-state index < -0.39 is 0 Å². The van der Waals surface area contributed by atoms with Crippen LogP contribution in [0.2, 0.25) is 0 Å². The standard InChI is InChI=1S/C32H32N2O/c1-18-14-26-24-11-8-19(2)33-31(24)35-30(26)27(15-18)29-23-7-5-6-22(21-12-13-32(3,4)17-21)25(23)16-28(34-29)20-9-10-20/h5-8,11,14-16,20-21H,9-10,12-13,17H2,1-4H3. The molecule has 0 saturated heterocycles. The zero-order valence-corrected chi connectivity index (χ0v) is 21.1. The zero-order chi connectivity index (χ0) is 23.9. The molecule has 176 valence electrons. The van der Waals surface area contributed by atoms with E-state index in [1.807, 2.05) is 6.92 Å². The fourth-order valence-corrected chi connectivity index (χ4v) is 6.34. The highest BCUT2D eigenvalue weighted by Gasteiger charge is 2.33. The molecule has 0 spiro atoms. The lowest BCUT2D eigenvalue weighted by Gasteiger charge is -2.20. The van der Waals surface area contributed by atoms with Gasteiger partial charge in [-0.15, -0.1) is 0 Å². The summed E-state index contributed by atoms with van der Waals surface area (Å²) in [6, 6.07) is 18.0. The monoisotopic (exact) mass is 460 g/mol. The van der Waals surface area contributed by atoms with Crippen molar-refractivity contribution in [2.75, 3.05) is 0 Å². The van der Waals surface area contributed by atoms with E-state index >= 15 is 0 Å². The molecule has 1 unspecified atom stereocenters. The third-order valence-electron chi connectivity index (χ3n) is 8.31. The average molecular weight is 461 g/mol. The number of furan rings is 1. The maximum Gasteiger partial charge on any atom is 0.227 e. The van der Waals surface area contributed by atoms with Crippen LogP contribution in [0.25, 0.3) is 44.1 Å². The summed E-state index contributed by atoms with van der Waals surface area (Å²) < 4.78 is 6.44. The van der Waals surface area contributed by atoms with E-state index in [0.717, 1.165) is 33.3 Å². The van der Waals surface area contributed by atoms with Gasteiger partial charge in [0, 0.05) is 39.0 Å². The molecule has 0 radical (unpaired) electrons. The number of hydrogen-bond acceptors (Lipinski definition) is 3. The number of benzene rings is 2. The highest BCUT2D eigenvalue weighted by Crippen LogP contribution is 2.49. The minimum absolute atomic E-state index is 0.421. The number of nitrogens with zero attached hydrogens (tertiary/aromatic N) is 2. The van der Waals surface area contributed by atoms with Gasteiger partial charge in [0.25, 0.3) is 0 Å². The normalized spacial score (nSPS) is 19.8. The van der Waals surface area contributed by atoms with Gasteiger partial charge in [0.2, 0.25) is 5.71 Å². The van der Waals surface area contributed by atoms with Crippen LogP contribution in [0.3, 0.4) is 0 Å². The predicted molar refractivity (Wildman–Crippen MR) is 144 cm³/mol. The molecule has 0 aliphatic heterocycles. The van der Waals surface area contributed by atoms with Crippen LogP contribution < -0.4 is 0 Å². The van der Waals surface area contributed by atoms with Gasteiger partial charge in [0.15, 0.2) is 0 Å². The molecule has 5 aromatic rings. The van der Waals surface area contributed by atoms with Crippen LogP contribution in [0.4, 0.5) is 0 Å². The van der Waals surface area contributed by atoms with E-state index in [0.29, 0.717) is 23.0 Å². The van der Waals surface area contributed by atoms with Gasteiger partial charge < -0.3 is 4.42 Å². The third-order valence-corrected chi connectivity index (χ3v) is 8.31. The van der Waals surface area contributed by atoms with Crippen LogP contribution in [0.1, 0.15) is 80.3 Å². The van der Waals surface area contributed by atoms with E-state index in [1.54, 1.807) is 0 Å². The van der Waals surface area contributed by atoms with Crippen molar-refractivity contribution < 1.29 is 4.42 Å². The van der Waals surface area contributed by atoms with Crippen molar-refractivity contribution in [3.8, 4) is 11.3 Å². The zero-order valence-electron chi connectivity index (χ0n) is 21.1. The minimum Gasteiger partial charge on any atom is -0.437 e. The number of aryl methyl sites for hydroxylation is 2. The van der Waals surface area contributed by atoms with Gasteiger partial charge in [-0.25, -0.2) is 4.98 Å². The Labute approximate surface area is 206 Å². The maximum absolute atomic E-state index is 6.44. The molecule has 1 atom stereocenters. The molecule has 2 saturated carbocycles. The molecule has 3 heteroatoms. The van der Waals surface area contributed by atoms with Gasteiger partial charge in [0.05, 0.1) is 5.69 Å². The highest BCUT2D eigenvalue weighted by atomic mass is 16.3. The summed E-state index contributed by atoms with van der Waals surface area (Å²) in [4.78, 5) is 10.0. The Hall–Kier alpha value is -3.20. The first-order valence-corrected chi connectivity index (χ1v) is 13.1. The molecule has 2 aliphatic rings. The average Bonchev–Trinajstić information content (AvgIpc) is 3.53. The summed E-state index contributed by atoms with van der Waals surface area (Å²) in [5.74, 6) is 1.21. The van der Waals surface area contributed by atoms with E-state index in [1.165, 1.54) is 59.7 Å². The summed E-state index contributed by atoms with van der Waals surface area (Å²) in [5, 5.41) is 4.84. The Morgan fingerprint density at radius 1 is 0.829 bits per heavy atom. The maximum atomic E-state index is 6.44. The molecule has 3 nitrogen and oxygen atoms in total. The molecule has 0 amide bonds. The van der Waals surface area contributed by atoms with Crippen LogP contribution in [0.5, 0.6) is 0 Å². The Bertz CT molecular complexity index is 1640. The van der Waals surface area contributed by atoms with E-state index in [-0.39, 0.29) is 0 Å². The molecule has 2 fully saturated rings. The van der Waals surface area contributed by atoms with Crippen molar-refractivity contribution in [2.24, 2.45) is 5.41 Å². The van der Waals surface area contributed by atoms with Crippen molar-refractivity contribution in [3.05, 3.63) is 71.0 Å². The Morgan fingerprint density at radius 3 is 2.46 bits per heavy atom. The summed E-state index contributed by atoms with van der Waals surface area (Å²) in [7, 11) is 0. The van der Waals surface area contributed by atoms with Gasteiger partial charge >= 0.3 is 0 Å². The van der Waals surface area contributed by atoms with Gasteiger partial charge in [0.1, 0.15) is 5.58 Å².